The number of ether oxygens (including phenoxy) is 2. The van der Waals surface area contributed by atoms with E-state index in [1.165, 1.54) is 17.2 Å². The fourth-order valence-corrected chi connectivity index (χ4v) is 3.82. The molecule has 1 N–H and O–H groups in total. The van der Waals surface area contributed by atoms with E-state index in [0.29, 0.717) is 23.2 Å². The molecule has 180 valence electrons. The predicted octanol–water partition coefficient (Wildman–Crippen LogP) is 3.71. The normalized spacial score (nSPS) is 22.4. The van der Waals surface area contributed by atoms with Crippen molar-refractivity contribution in [3.8, 4) is 0 Å². The van der Waals surface area contributed by atoms with Gasteiger partial charge in [0.25, 0.3) is 0 Å². The SMILES string of the molecule is C=C1[C@@H](COC(=O)C(C)(C)C)[C@@H](OC(=O)C(C)(C)C)C[C@@H]1C(O)n1cnc2c(Cl)ncnc21. The number of imidazole rings is 1. The molecule has 1 saturated carbocycles. The van der Waals surface area contributed by atoms with Gasteiger partial charge in [-0.15, -0.1) is 0 Å². The molecule has 1 fully saturated rings. The minimum absolute atomic E-state index is 0.00107. The van der Waals surface area contributed by atoms with Crippen LogP contribution >= 0.6 is 11.6 Å². The van der Waals surface area contributed by atoms with Crippen molar-refractivity contribution in [3.05, 3.63) is 30.0 Å². The molecule has 33 heavy (non-hydrogen) atoms. The van der Waals surface area contributed by atoms with Crippen molar-refractivity contribution >= 4 is 34.7 Å². The summed E-state index contributed by atoms with van der Waals surface area (Å²) in [6, 6.07) is 0. The standard InChI is InChI=1S/C23H31ClN4O5/c1-12-13(19(29)28-11-27-16-17(24)25-10-26-18(16)28)8-15(33-21(31)23(5,6)7)14(12)9-32-20(30)22(2,3)4/h10-11,13-15,19,29H,1,8-9H2,2-7H3/t13-,14+,15-,19?/m0/s1. The molecule has 0 spiro atoms. The van der Waals surface area contributed by atoms with E-state index in [-0.39, 0.29) is 23.7 Å². The molecule has 1 aliphatic carbocycles. The van der Waals surface area contributed by atoms with E-state index in [4.69, 9.17) is 21.1 Å². The summed E-state index contributed by atoms with van der Waals surface area (Å²) in [5, 5.41) is 11.4. The third kappa shape index (κ3) is 5.19. The number of rotatable bonds is 5. The molecule has 0 amide bonds. The van der Waals surface area contributed by atoms with Gasteiger partial charge in [-0.1, -0.05) is 23.8 Å². The first-order chi connectivity index (χ1) is 15.2. The van der Waals surface area contributed by atoms with Gasteiger partial charge in [-0.2, -0.15) is 0 Å². The topological polar surface area (TPSA) is 116 Å². The summed E-state index contributed by atoms with van der Waals surface area (Å²) >= 11 is 6.09. The quantitative estimate of drug-likeness (QED) is 0.392. The van der Waals surface area contributed by atoms with Gasteiger partial charge in [-0.05, 0) is 48.0 Å². The van der Waals surface area contributed by atoms with Crippen LogP contribution in [0.25, 0.3) is 11.2 Å². The Morgan fingerprint density at radius 2 is 1.82 bits per heavy atom. The van der Waals surface area contributed by atoms with Crippen LogP contribution in [0.2, 0.25) is 5.15 Å². The Morgan fingerprint density at radius 3 is 2.42 bits per heavy atom. The fourth-order valence-electron chi connectivity index (χ4n) is 3.64. The summed E-state index contributed by atoms with van der Waals surface area (Å²) < 4.78 is 12.8. The Morgan fingerprint density at radius 1 is 1.18 bits per heavy atom. The van der Waals surface area contributed by atoms with Crippen LogP contribution in [-0.2, 0) is 19.1 Å². The largest absolute Gasteiger partial charge is 0.464 e. The molecular weight excluding hydrogens is 448 g/mol. The highest BCUT2D eigenvalue weighted by Gasteiger charge is 2.45. The van der Waals surface area contributed by atoms with Gasteiger partial charge in [-0.25, -0.2) is 15.0 Å². The van der Waals surface area contributed by atoms with Gasteiger partial charge >= 0.3 is 11.9 Å². The number of fused-ring (bicyclic) bond motifs is 1. The summed E-state index contributed by atoms with van der Waals surface area (Å²) in [5.74, 6) is -1.70. The Labute approximate surface area is 198 Å². The molecule has 2 aromatic heterocycles. The van der Waals surface area contributed by atoms with Crippen LogP contribution in [0, 0.1) is 22.7 Å². The van der Waals surface area contributed by atoms with Crippen molar-refractivity contribution in [2.45, 2.75) is 60.3 Å². The zero-order valence-electron chi connectivity index (χ0n) is 19.8. The second kappa shape index (κ2) is 9.02. The Kier molecular flexibility index (Phi) is 6.87. The van der Waals surface area contributed by atoms with Crippen molar-refractivity contribution < 1.29 is 24.2 Å². The summed E-state index contributed by atoms with van der Waals surface area (Å²) in [6.45, 7) is 14.8. The van der Waals surface area contributed by atoms with Crippen LogP contribution < -0.4 is 0 Å². The van der Waals surface area contributed by atoms with Gasteiger partial charge in [0.05, 0.1) is 23.1 Å². The van der Waals surface area contributed by atoms with Crippen LogP contribution in [0.3, 0.4) is 0 Å². The Hall–Kier alpha value is -2.52. The summed E-state index contributed by atoms with van der Waals surface area (Å²) in [7, 11) is 0. The maximum Gasteiger partial charge on any atom is 0.311 e. The van der Waals surface area contributed by atoms with Gasteiger partial charge in [0.15, 0.2) is 10.8 Å². The second-order valence-electron chi connectivity index (χ2n) is 10.5. The first-order valence-electron chi connectivity index (χ1n) is 10.8. The second-order valence-corrected chi connectivity index (χ2v) is 10.8. The Bertz CT molecular complexity index is 1070. The number of aromatic nitrogens is 4. The number of hydrogen-bond acceptors (Lipinski definition) is 8. The first-order valence-corrected chi connectivity index (χ1v) is 11.2. The highest BCUT2D eigenvalue weighted by molar-refractivity contribution is 6.33. The molecule has 0 radical (unpaired) electrons. The molecular formula is C23H31ClN4O5. The number of esters is 2. The van der Waals surface area contributed by atoms with Crippen molar-refractivity contribution in [1.29, 1.82) is 0 Å². The molecule has 0 bridgehead atoms. The summed E-state index contributed by atoms with van der Waals surface area (Å²) in [6.07, 6.45) is 1.34. The van der Waals surface area contributed by atoms with E-state index in [9.17, 15) is 14.7 Å². The molecule has 2 heterocycles. The van der Waals surface area contributed by atoms with E-state index in [2.05, 4.69) is 21.5 Å². The van der Waals surface area contributed by atoms with Gasteiger partial charge in [0.1, 0.15) is 30.8 Å². The molecule has 0 aromatic carbocycles. The molecule has 0 aliphatic heterocycles. The van der Waals surface area contributed by atoms with Crippen LogP contribution in [-0.4, -0.2) is 49.3 Å². The third-order valence-electron chi connectivity index (χ3n) is 5.72. The zero-order chi connectivity index (χ0) is 24.7. The van der Waals surface area contributed by atoms with Crippen molar-refractivity contribution in [2.24, 2.45) is 22.7 Å². The van der Waals surface area contributed by atoms with Crippen molar-refractivity contribution in [1.82, 2.24) is 19.5 Å². The van der Waals surface area contributed by atoms with E-state index < -0.39 is 35.0 Å². The lowest BCUT2D eigenvalue weighted by molar-refractivity contribution is -0.163. The van der Waals surface area contributed by atoms with E-state index in [1.807, 2.05) is 0 Å². The molecule has 0 saturated heterocycles. The minimum Gasteiger partial charge on any atom is -0.464 e. The predicted molar refractivity (Wildman–Crippen MR) is 122 cm³/mol. The van der Waals surface area contributed by atoms with Crippen LogP contribution in [0.1, 0.15) is 54.2 Å². The number of nitrogens with zero attached hydrogens (tertiary/aromatic N) is 4. The van der Waals surface area contributed by atoms with Crippen LogP contribution in [0.15, 0.2) is 24.8 Å². The fraction of sp³-hybridized carbons (Fsp3) is 0.609. The first kappa shape index (κ1) is 25.1. The molecule has 1 unspecified atom stereocenters. The third-order valence-corrected chi connectivity index (χ3v) is 6.00. The summed E-state index contributed by atoms with van der Waals surface area (Å²) in [4.78, 5) is 37.3. The number of carbonyl (C=O) groups excluding carboxylic acids is 2. The lowest BCUT2D eigenvalue weighted by atomic mass is 9.95. The van der Waals surface area contributed by atoms with Crippen molar-refractivity contribution in [2.75, 3.05) is 6.61 Å². The molecule has 1 aliphatic rings. The highest BCUT2D eigenvalue weighted by atomic mass is 35.5. The van der Waals surface area contributed by atoms with E-state index >= 15 is 0 Å². The molecule has 4 atom stereocenters. The number of halogens is 1. The molecule has 10 heteroatoms. The average molecular weight is 479 g/mol. The zero-order valence-corrected chi connectivity index (χ0v) is 20.6. The number of hydrogen-bond donors (Lipinski definition) is 1. The Balaban J connectivity index is 1.87. The smallest absolute Gasteiger partial charge is 0.311 e. The van der Waals surface area contributed by atoms with Crippen molar-refractivity contribution in [3.63, 3.8) is 0 Å². The average Bonchev–Trinajstić information content (AvgIpc) is 3.27. The number of aliphatic hydroxyl groups excluding tert-OH is 1. The van der Waals surface area contributed by atoms with Crippen LogP contribution in [0.5, 0.6) is 0 Å². The van der Waals surface area contributed by atoms with Gasteiger partial charge in [-0.3, -0.25) is 14.2 Å². The van der Waals surface area contributed by atoms with Gasteiger partial charge in [0, 0.05) is 5.92 Å². The van der Waals surface area contributed by atoms with E-state index in [0.717, 1.165) is 0 Å². The number of carbonyl (C=O) groups is 2. The summed E-state index contributed by atoms with van der Waals surface area (Å²) in [5.41, 5.74) is -0.0171. The number of aliphatic hydroxyl groups is 1. The molecule has 2 aromatic rings. The molecule has 9 nitrogen and oxygen atoms in total. The monoisotopic (exact) mass is 478 g/mol. The van der Waals surface area contributed by atoms with Gasteiger partial charge < -0.3 is 14.6 Å². The van der Waals surface area contributed by atoms with E-state index in [1.54, 1.807) is 41.5 Å². The maximum absolute atomic E-state index is 12.6. The maximum atomic E-state index is 12.6. The minimum atomic E-state index is -1.09. The highest BCUT2D eigenvalue weighted by Crippen LogP contribution is 2.44. The lowest BCUT2D eigenvalue weighted by Gasteiger charge is -2.26. The molecule has 3 rings (SSSR count). The lowest BCUT2D eigenvalue weighted by Crippen LogP contribution is -2.33. The van der Waals surface area contributed by atoms with Crippen LogP contribution in [0.4, 0.5) is 0 Å². The van der Waals surface area contributed by atoms with Gasteiger partial charge in [0.2, 0.25) is 0 Å².